The van der Waals surface area contributed by atoms with E-state index in [1.807, 2.05) is 42.5 Å². The van der Waals surface area contributed by atoms with Crippen molar-refractivity contribution in [2.75, 3.05) is 19.8 Å². The Bertz CT molecular complexity index is 537. The zero-order chi connectivity index (χ0) is 14.2. The lowest BCUT2D eigenvalue weighted by Crippen LogP contribution is -2.13. The summed E-state index contributed by atoms with van der Waals surface area (Å²) >= 11 is 3.33. The number of ketones is 1. The Hall–Kier alpha value is -1.65. The molecule has 0 aliphatic carbocycles. The van der Waals surface area contributed by atoms with Crippen LogP contribution < -0.4 is 4.74 Å². The van der Waals surface area contributed by atoms with Crippen molar-refractivity contribution in [3.63, 3.8) is 0 Å². The van der Waals surface area contributed by atoms with Gasteiger partial charge in [0.1, 0.15) is 19.0 Å². The van der Waals surface area contributed by atoms with Crippen LogP contribution in [-0.2, 0) is 4.74 Å². The van der Waals surface area contributed by atoms with E-state index in [2.05, 4.69) is 15.9 Å². The second-order valence-electron chi connectivity index (χ2n) is 4.14. The summed E-state index contributed by atoms with van der Waals surface area (Å²) in [5.74, 6) is 0.771. The monoisotopic (exact) mass is 334 g/mol. The lowest BCUT2D eigenvalue weighted by atomic mass is 10.1. The first-order valence-corrected chi connectivity index (χ1v) is 7.09. The number of rotatable bonds is 7. The first-order valence-electron chi connectivity index (χ1n) is 6.30. The Morgan fingerprint density at radius 2 is 1.65 bits per heavy atom. The predicted octanol–water partition coefficient (Wildman–Crippen LogP) is 3.73. The van der Waals surface area contributed by atoms with E-state index < -0.39 is 0 Å². The summed E-state index contributed by atoms with van der Waals surface area (Å²) in [4.78, 5) is 11.8. The van der Waals surface area contributed by atoms with Crippen molar-refractivity contribution < 1.29 is 14.3 Å². The fourth-order valence-corrected chi connectivity index (χ4v) is 1.88. The zero-order valence-electron chi connectivity index (χ0n) is 10.9. The fourth-order valence-electron chi connectivity index (χ4n) is 1.62. The number of hydrogen-bond acceptors (Lipinski definition) is 3. The average Bonchev–Trinajstić information content (AvgIpc) is 2.48. The van der Waals surface area contributed by atoms with Crippen LogP contribution in [0.2, 0.25) is 0 Å². The van der Waals surface area contributed by atoms with Crippen molar-refractivity contribution in [3.8, 4) is 5.75 Å². The number of hydrogen-bond donors (Lipinski definition) is 0. The molecule has 0 atom stereocenters. The molecule has 2 aromatic rings. The molecule has 0 aliphatic rings. The van der Waals surface area contributed by atoms with Crippen LogP contribution in [0, 0.1) is 0 Å². The molecule has 0 saturated carbocycles. The van der Waals surface area contributed by atoms with E-state index in [4.69, 9.17) is 9.47 Å². The van der Waals surface area contributed by atoms with E-state index in [9.17, 15) is 4.79 Å². The molecule has 2 rings (SSSR count). The number of carbonyl (C=O) groups is 1. The molecule has 3 nitrogen and oxygen atoms in total. The summed E-state index contributed by atoms with van der Waals surface area (Å²) in [6.07, 6.45) is 0. The van der Waals surface area contributed by atoms with Crippen molar-refractivity contribution in [3.05, 3.63) is 64.6 Å². The van der Waals surface area contributed by atoms with Gasteiger partial charge in [0.15, 0.2) is 5.78 Å². The van der Waals surface area contributed by atoms with Gasteiger partial charge >= 0.3 is 0 Å². The summed E-state index contributed by atoms with van der Waals surface area (Å²) in [7, 11) is 0. The first-order chi connectivity index (χ1) is 9.75. The molecular formula is C16H15BrO3. The van der Waals surface area contributed by atoms with E-state index in [-0.39, 0.29) is 12.4 Å². The molecule has 0 saturated heterocycles. The highest BCUT2D eigenvalue weighted by Gasteiger charge is 2.05. The Morgan fingerprint density at radius 1 is 0.950 bits per heavy atom. The van der Waals surface area contributed by atoms with Crippen molar-refractivity contribution in [2.45, 2.75) is 0 Å². The number of carbonyl (C=O) groups excluding carboxylic acids is 1. The van der Waals surface area contributed by atoms with Gasteiger partial charge in [0.2, 0.25) is 0 Å². The van der Waals surface area contributed by atoms with Crippen LogP contribution in [0.15, 0.2) is 59.1 Å². The van der Waals surface area contributed by atoms with Crippen LogP contribution in [-0.4, -0.2) is 25.6 Å². The van der Waals surface area contributed by atoms with E-state index in [1.165, 1.54) is 0 Å². The van der Waals surface area contributed by atoms with Gasteiger partial charge in [0.25, 0.3) is 0 Å². The Balaban J connectivity index is 1.66. The lowest BCUT2D eigenvalue weighted by molar-refractivity contribution is 0.0688. The molecule has 0 radical (unpaired) electrons. The minimum absolute atomic E-state index is 0.0304. The minimum atomic E-state index is -0.0304. The van der Waals surface area contributed by atoms with Crippen LogP contribution >= 0.6 is 15.9 Å². The SMILES string of the molecule is O=C(COCCOc1ccccc1)c1ccc(Br)cc1. The molecule has 0 fully saturated rings. The number of para-hydroxylation sites is 1. The van der Waals surface area contributed by atoms with Crippen LogP contribution in [0.1, 0.15) is 10.4 Å². The summed E-state index contributed by atoms with van der Waals surface area (Å²) in [6, 6.07) is 16.7. The highest BCUT2D eigenvalue weighted by atomic mass is 79.9. The van der Waals surface area contributed by atoms with Crippen molar-refractivity contribution in [2.24, 2.45) is 0 Å². The van der Waals surface area contributed by atoms with Gasteiger partial charge in [0, 0.05) is 10.0 Å². The molecule has 2 aromatic carbocycles. The largest absolute Gasteiger partial charge is 0.491 e. The minimum Gasteiger partial charge on any atom is -0.491 e. The van der Waals surface area contributed by atoms with Crippen LogP contribution in [0.25, 0.3) is 0 Å². The fraction of sp³-hybridized carbons (Fsp3) is 0.188. The van der Waals surface area contributed by atoms with Gasteiger partial charge in [-0.2, -0.15) is 0 Å². The molecular weight excluding hydrogens is 320 g/mol. The molecule has 0 heterocycles. The summed E-state index contributed by atoms with van der Waals surface area (Å²) in [5, 5.41) is 0. The third-order valence-electron chi connectivity index (χ3n) is 2.64. The maximum Gasteiger partial charge on any atom is 0.188 e. The second kappa shape index (κ2) is 7.82. The molecule has 0 aliphatic heterocycles. The normalized spacial score (nSPS) is 10.2. The Kier molecular flexibility index (Phi) is 5.77. The van der Waals surface area contributed by atoms with Gasteiger partial charge in [-0.1, -0.05) is 46.3 Å². The van der Waals surface area contributed by atoms with Crippen LogP contribution in [0.3, 0.4) is 0 Å². The molecule has 0 bridgehead atoms. The highest BCUT2D eigenvalue weighted by Crippen LogP contribution is 2.11. The smallest absolute Gasteiger partial charge is 0.188 e. The van der Waals surface area contributed by atoms with Crippen LogP contribution in [0.4, 0.5) is 0 Å². The second-order valence-corrected chi connectivity index (χ2v) is 5.06. The van der Waals surface area contributed by atoms with E-state index in [1.54, 1.807) is 12.1 Å². The van der Waals surface area contributed by atoms with Crippen molar-refractivity contribution in [1.29, 1.82) is 0 Å². The molecule has 4 heteroatoms. The molecule has 20 heavy (non-hydrogen) atoms. The maximum absolute atomic E-state index is 11.8. The summed E-state index contributed by atoms with van der Waals surface area (Å²) < 4.78 is 11.7. The molecule has 0 unspecified atom stereocenters. The van der Waals surface area contributed by atoms with E-state index in [0.29, 0.717) is 18.8 Å². The summed E-state index contributed by atoms with van der Waals surface area (Å²) in [5.41, 5.74) is 0.650. The van der Waals surface area contributed by atoms with E-state index in [0.717, 1.165) is 10.2 Å². The predicted molar refractivity (Wildman–Crippen MR) is 81.2 cm³/mol. The Morgan fingerprint density at radius 3 is 2.35 bits per heavy atom. The number of benzene rings is 2. The van der Waals surface area contributed by atoms with Gasteiger partial charge in [0.05, 0.1) is 6.61 Å². The van der Waals surface area contributed by atoms with Gasteiger partial charge in [-0.3, -0.25) is 4.79 Å². The third-order valence-corrected chi connectivity index (χ3v) is 3.17. The molecule has 0 amide bonds. The highest BCUT2D eigenvalue weighted by molar-refractivity contribution is 9.10. The van der Waals surface area contributed by atoms with Crippen molar-refractivity contribution >= 4 is 21.7 Å². The maximum atomic E-state index is 11.8. The van der Waals surface area contributed by atoms with Crippen molar-refractivity contribution in [1.82, 2.24) is 0 Å². The van der Waals surface area contributed by atoms with Gasteiger partial charge in [-0.05, 0) is 24.3 Å². The van der Waals surface area contributed by atoms with E-state index >= 15 is 0 Å². The molecule has 0 spiro atoms. The average molecular weight is 335 g/mol. The molecule has 0 aromatic heterocycles. The zero-order valence-corrected chi connectivity index (χ0v) is 12.5. The van der Waals surface area contributed by atoms with Gasteiger partial charge in [-0.15, -0.1) is 0 Å². The summed E-state index contributed by atoms with van der Waals surface area (Å²) in [6.45, 7) is 0.884. The lowest BCUT2D eigenvalue weighted by Gasteiger charge is -2.06. The van der Waals surface area contributed by atoms with Gasteiger partial charge < -0.3 is 9.47 Å². The number of Topliss-reactive ketones (excluding diaryl/α,β-unsaturated/α-hetero) is 1. The number of halogens is 1. The quantitative estimate of drug-likeness (QED) is 0.571. The molecule has 104 valence electrons. The third kappa shape index (κ3) is 4.79. The topological polar surface area (TPSA) is 35.5 Å². The Labute approximate surface area is 126 Å². The first kappa shape index (κ1) is 14.8. The van der Waals surface area contributed by atoms with Gasteiger partial charge in [-0.25, -0.2) is 0 Å². The van der Waals surface area contributed by atoms with Crippen LogP contribution in [0.5, 0.6) is 5.75 Å². The standard InChI is InChI=1S/C16H15BrO3/c17-14-8-6-13(7-9-14)16(18)12-19-10-11-20-15-4-2-1-3-5-15/h1-9H,10-12H2. The molecule has 0 N–H and O–H groups in total. The number of ether oxygens (including phenoxy) is 2.